The molecule has 1 saturated carbocycles. The van der Waals surface area contributed by atoms with Gasteiger partial charge in [-0.25, -0.2) is 0 Å². The molecule has 1 atom stereocenters. The van der Waals surface area contributed by atoms with E-state index in [0.29, 0.717) is 6.42 Å². The summed E-state index contributed by atoms with van der Waals surface area (Å²) < 4.78 is 5.28. The number of rotatable bonds is 6. The lowest BCUT2D eigenvalue weighted by atomic mass is 10.1. The van der Waals surface area contributed by atoms with Crippen LogP contribution in [0.1, 0.15) is 46.5 Å². The summed E-state index contributed by atoms with van der Waals surface area (Å²) in [6, 6.07) is 0.895. The molecule has 1 unspecified atom stereocenters. The van der Waals surface area contributed by atoms with Gasteiger partial charge in [0.05, 0.1) is 6.42 Å². The molecule has 0 spiro atoms. The van der Waals surface area contributed by atoms with Crippen LogP contribution in [0.4, 0.5) is 0 Å². The second kappa shape index (κ2) is 6.23. The number of hydrogen-bond donors (Lipinski definition) is 1. The fourth-order valence-electron chi connectivity index (χ4n) is 2.69. The largest absolute Gasteiger partial charge is 0.460 e. The number of nitrogens with one attached hydrogen (secondary N) is 1. The van der Waals surface area contributed by atoms with Crippen molar-refractivity contribution in [3.63, 3.8) is 0 Å². The van der Waals surface area contributed by atoms with Crippen LogP contribution < -0.4 is 5.32 Å². The molecule has 19 heavy (non-hydrogen) atoms. The molecule has 4 heteroatoms. The van der Waals surface area contributed by atoms with Crippen molar-refractivity contribution in [2.24, 2.45) is 5.92 Å². The van der Waals surface area contributed by atoms with Gasteiger partial charge in [0.15, 0.2) is 0 Å². The summed E-state index contributed by atoms with van der Waals surface area (Å²) in [6.07, 6.45) is 4.57. The zero-order chi connectivity index (χ0) is 13.9. The van der Waals surface area contributed by atoms with E-state index in [-0.39, 0.29) is 11.6 Å². The lowest BCUT2D eigenvalue weighted by Crippen LogP contribution is -2.30. The van der Waals surface area contributed by atoms with Gasteiger partial charge in [-0.05, 0) is 59.0 Å². The van der Waals surface area contributed by atoms with Crippen LogP contribution in [-0.4, -0.2) is 48.7 Å². The molecular weight excluding hydrogens is 240 g/mol. The normalized spacial score (nSPS) is 24.7. The van der Waals surface area contributed by atoms with E-state index in [1.807, 2.05) is 20.8 Å². The summed E-state index contributed by atoms with van der Waals surface area (Å²) in [7, 11) is 0. The molecule has 110 valence electrons. The van der Waals surface area contributed by atoms with Crippen molar-refractivity contribution in [1.82, 2.24) is 10.2 Å². The second-order valence-electron chi connectivity index (χ2n) is 6.92. The molecule has 0 aromatic carbocycles. The monoisotopic (exact) mass is 268 g/mol. The maximum absolute atomic E-state index is 11.5. The van der Waals surface area contributed by atoms with Crippen molar-refractivity contribution in [3.8, 4) is 0 Å². The van der Waals surface area contributed by atoms with E-state index in [9.17, 15) is 4.79 Å². The summed E-state index contributed by atoms with van der Waals surface area (Å²) in [6.45, 7) is 9.99. The molecule has 4 nitrogen and oxygen atoms in total. The second-order valence-corrected chi connectivity index (χ2v) is 6.92. The summed E-state index contributed by atoms with van der Waals surface area (Å²) in [5, 5.41) is 3.40. The van der Waals surface area contributed by atoms with Gasteiger partial charge in [0.2, 0.25) is 0 Å². The molecule has 1 aliphatic heterocycles. The van der Waals surface area contributed by atoms with Crippen molar-refractivity contribution in [3.05, 3.63) is 0 Å². The van der Waals surface area contributed by atoms with Gasteiger partial charge in [-0.3, -0.25) is 4.79 Å². The number of hydrogen-bond acceptors (Lipinski definition) is 4. The molecule has 2 aliphatic rings. The van der Waals surface area contributed by atoms with Gasteiger partial charge in [0, 0.05) is 19.1 Å². The Morgan fingerprint density at radius 1 is 1.32 bits per heavy atom. The van der Waals surface area contributed by atoms with E-state index in [4.69, 9.17) is 4.74 Å². The Kier molecular flexibility index (Phi) is 4.85. The van der Waals surface area contributed by atoms with Crippen LogP contribution in [0.3, 0.4) is 0 Å². The van der Waals surface area contributed by atoms with Crippen LogP contribution in [0, 0.1) is 5.92 Å². The van der Waals surface area contributed by atoms with Gasteiger partial charge in [-0.1, -0.05) is 0 Å². The number of ether oxygens (including phenoxy) is 1. The Balaban J connectivity index is 1.51. The first-order valence-electron chi connectivity index (χ1n) is 7.60. The fourth-order valence-corrected chi connectivity index (χ4v) is 2.69. The minimum atomic E-state index is -0.368. The van der Waals surface area contributed by atoms with Crippen LogP contribution in [-0.2, 0) is 9.53 Å². The summed E-state index contributed by atoms with van der Waals surface area (Å²) in [5.41, 5.74) is -0.368. The van der Waals surface area contributed by atoms with Crippen LogP contribution in [0.5, 0.6) is 0 Å². The predicted octanol–water partition coefficient (Wildman–Crippen LogP) is 1.79. The zero-order valence-electron chi connectivity index (χ0n) is 12.6. The molecule has 1 aliphatic carbocycles. The minimum absolute atomic E-state index is 0.106. The van der Waals surface area contributed by atoms with E-state index >= 15 is 0 Å². The molecule has 0 aromatic rings. The maximum atomic E-state index is 11.5. The molecule has 0 amide bonds. The van der Waals surface area contributed by atoms with E-state index in [2.05, 4.69) is 10.2 Å². The number of esters is 1. The van der Waals surface area contributed by atoms with E-state index < -0.39 is 0 Å². The van der Waals surface area contributed by atoms with Gasteiger partial charge < -0.3 is 15.0 Å². The lowest BCUT2D eigenvalue weighted by molar-refractivity contribution is -0.154. The third-order valence-electron chi connectivity index (χ3n) is 3.74. The molecule has 0 bridgehead atoms. The fraction of sp³-hybridized carbons (Fsp3) is 0.933. The van der Waals surface area contributed by atoms with Crippen molar-refractivity contribution < 1.29 is 9.53 Å². The van der Waals surface area contributed by atoms with Crippen molar-refractivity contribution in [1.29, 1.82) is 0 Å². The van der Waals surface area contributed by atoms with Gasteiger partial charge in [-0.2, -0.15) is 0 Å². The first kappa shape index (κ1) is 14.8. The summed E-state index contributed by atoms with van der Waals surface area (Å²) in [4.78, 5) is 14.2. The lowest BCUT2D eigenvalue weighted by Gasteiger charge is -2.19. The van der Waals surface area contributed by atoms with E-state index in [1.165, 1.54) is 32.4 Å². The van der Waals surface area contributed by atoms with Gasteiger partial charge in [0.1, 0.15) is 5.60 Å². The van der Waals surface area contributed by atoms with Crippen LogP contribution in [0.15, 0.2) is 0 Å². The van der Waals surface area contributed by atoms with E-state index in [0.717, 1.165) is 25.0 Å². The molecule has 1 N–H and O–H groups in total. The van der Waals surface area contributed by atoms with Crippen molar-refractivity contribution in [2.75, 3.05) is 26.2 Å². The Bertz CT molecular complexity index is 308. The average Bonchev–Trinajstić information content (AvgIpc) is 3.03. The Labute approximate surface area is 116 Å². The quantitative estimate of drug-likeness (QED) is 0.589. The van der Waals surface area contributed by atoms with Crippen molar-refractivity contribution in [2.45, 2.75) is 58.1 Å². The summed E-state index contributed by atoms with van der Waals surface area (Å²) in [5.74, 6) is 0.658. The Morgan fingerprint density at radius 2 is 2.05 bits per heavy atom. The Morgan fingerprint density at radius 3 is 2.68 bits per heavy atom. The Hall–Kier alpha value is -0.610. The average molecular weight is 268 g/mol. The van der Waals surface area contributed by atoms with E-state index in [1.54, 1.807) is 0 Å². The summed E-state index contributed by atoms with van der Waals surface area (Å²) >= 11 is 0. The number of likely N-dealkylation sites (tertiary alicyclic amines) is 1. The number of carbonyl (C=O) groups excluding carboxylic acids is 1. The van der Waals surface area contributed by atoms with Crippen LogP contribution >= 0.6 is 0 Å². The zero-order valence-corrected chi connectivity index (χ0v) is 12.6. The van der Waals surface area contributed by atoms with Gasteiger partial charge >= 0.3 is 5.97 Å². The number of carbonyl (C=O) groups is 1. The highest BCUT2D eigenvalue weighted by Crippen LogP contribution is 2.31. The highest BCUT2D eigenvalue weighted by molar-refractivity contribution is 5.70. The highest BCUT2D eigenvalue weighted by Gasteiger charge is 2.33. The highest BCUT2D eigenvalue weighted by atomic mass is 16.6. The third kappa shape index (κ3) is 5.49. The molecule has 1 heterocycles. The first-order valence-corrected chi connectivity index (χ1v) is 7.60. The molecule has 0 aromatic heterocycles. The maximum Gasteiger partial charge on any atom is 0.307 e. The predicted molar refractivity (Wildman–Crippen MR) is 76.0 cm³/mol. The molecular formula is C15H28N2O2. The molecule has 0 radical (unpaired) electrons. The van der Waals surface area contributed by atoms with Crippen molar-refractivity contribution >= 4 is 5.97 Å². The van der Waals surface area contributed by atoms with Crippen LogP contribution in [0.25, 0.3) is 0 Å². The SMILES string of the molecule is CC(C)(C)OC(=O)CCNCC1CCN(C2CC2)C1. The smallest absolute Gasteiger partial charge is 0.307 e. The topological polar surface area (TPSA) is 41.6 Å². The van der Waals surface area contributed by atoms with Crippen LogP contribution in [0.2, 0.25) is 0 Å². The molecule has 2 rings (SSSR count). The van der Waals surface area contributed by atoms with Gasteiger partial charge in [-0.15, -0.1) is 0 Å². The molecule has 2 fully saturated rings. The minimum Gasteiger partial charge on any atom is -0.460 e. The van der Waals surface area contributed by atoms with Gasteiger partial charge in [0.25, 0.3) is 0 Å². The third-order valence-corrected chi connectivity index (χ3v) is 3.74. The number of nitrogens with zero attached hydrogens (tertiary/aromatic N) is 1. The first-order chi connectivity index (χ1) is 8.94. The standard InChI is InChI=1S/C15H28N2O2/c1-15(2,3)19-14(18)6-8-16-10-12-7-9-17(11-12)13-4-5-13/h12-13,16H,4-11H2,1-3H3. The molecule has 1 saturated heterocycles.